The standard InChI is InChI=1S/C11H16O3S/c1-15-10-7-14-11(13-5-4-12)6-8(10)2-3-9(10)11/h2-3,8-9,12H,4-7H2,1H3/t8-,9+,10+,11+/m1/s1. The van der Waals surface area contributed by atoms with Gasteiger partial charge in [-0.1, -0.05) is 12.2 Å². The summed E-state index contributed by atoms with van der Waals surface area (Å²) >= 11 is 1.90. The highest BCUT2D eigenvalue weighted by Gasteiger charge is 2.70. The fourth-order valence-corrected chi connectivity index (χ4v) is 4.47. The van der Waals surface area contributed by atoms with Crippen LogP contribution in [0.4, 0.5) is 0 Å². The lowest BCUT2D eigenvalue weighted by atomic mass is 9.97. The number of thioether (sulfide) groups is 1. The van der Waals surface area contributed by atoms with Gasteiger partial charge in [-0.05, 0) is 12.2 Å². The molecular weight excluding hydrogens is 212 g/mol. The van der Waals surface area contributed by atoms with Crippen molar-refractivity contribution in [1.29, 1.82) is 0 Å². The van der Waals surface area contributed by atoms with E-state index >= 15 is 0 Å². The molecule has 3 aliphatic rings. The number of aliphatic hydroxyl groups excluding tert-OH is 1. The fourth-order valence-electron chi connectivity index (χ4n) is 3.32. The number of hydrogen-bond donors (Lipinski definition) is 1. The lowest BCUT2D eigenvalue weighted by Gasteiger charge is -2.33. The molecule has 0 radical (unpaired) electrons. The molecule has 4 atom stereocenters. The van der Waals surface area contributed by atoms with Crippen molar-refractivity contribution < 1.29 is 14.6 Å². The van der Waals surface area contributed by atoms with Crippen molar-refractivity contribution in [3.8, 4) is 0 Å². The Balaban J connectivity index is 1.88. The SMILES string of the molecule is CS[C@@]12CO[C@@]3(OCCO)C[C@H]1C=C[C@H]32. The molecule has 0 aromatic rings. The van der Waals surface area contributed by atoms with Crippen LogP contribution < -0.4 is 0 Å². The summed E-state index contributed by atoms with van der Waals surface area (Å²) in [7, 11) is 0. The molecule has 1 heterocycles. The molecule has 2 fully saturated rings. The van der Waals surface area contributed by atoms with Gasteiger partial charge in [0.2, 0.25) is 0 Å². The molecule has 1 N–H and O–H groups in total. The molecule has 2 aliphatic carbocycles. The van der Waals surface area contributed by atoms with Crippen LogP contribution in [0.5, 0.6) is 0 Å². The Morgan fingerprint density at radius 2 is 2.47 bits per heavy atom. The van der Waals surface area contributed by atoms with E-state index < -0.39 is 5.79 Å². The highest BCUT2D eigenvalue weighted by atomic mass is 32.2. The van der Waals surface area contributed by atoms with Crippen LogP contribution in [-0.4, -0.2) is 41.7 Å². The van der Waals surface area contributed by atoms with Gasteiger partial charge in [-0.25, -0.2) is 0 Å². The third-order valence-electron chi connectivity index (χ3n) is 4.03. The molecule has 0 aromatic heterocycles. The van der Waals surface area contributed by atoms with E-state index in [1.165, 1.54) is 0 Å². The molecule has 0 spiro atoms. The van der Waals surface area contributed by atoms with Gasteiger partial charge in [0.05, 0.1) is 24.6 Å². The summed E-state index contributed by atoms with van der Waals surface area (Å²) < 4.78 is 11.8. The summed E-state index contributed by atoms with van der Waals surface area (Å²) in [6.45, 7) is 1.22. The predicted octanol–water partition coefficient (Wildman–Crippen LogP) is 1.03. The number of allylic oxidation sites excluding steroid dienone is 1. The van der Waals surface area contributed by atoms with Crippen LogP contribution in [-0.2, 0) is 9.47 Å². The smallest absolute Gasteiger partial charge is 0.176 e. The molecule has 1 saturated heterocycles. The maximum Gasteiger partial charge on any atom is 0.176 e. The Kier molecular flexibility index (Phi) is 2.19. The second kappa shape index (κ2) is 3.23. The molecule has 1 aliphatic heterocycles. The highest BCUT2D eigenvalue weighted by molar-refractivity contribution is 8.00. The fraction of sp³-hybridized carbons (Fsp3) is 0.818. The van der Waals surface area contributed by atoms with Gasteiger partial charge >= 0.3 is 0 Å². The predicted molar refractivity (Wildman–Crippen MR) is 58.7 cm³/mol. The average molecular weight is 228 g/mol. The molecule has 0 unspecified atom stereocenters. The summed E-state index contributed by atoms with van der Waals surface area (Å²) in [6, 6.07) is 0. The lowest BCUT2D eigenvalue weighted by Crippen LogP contribution is -2.38. The summed E-state index contributed by atoms with van der Waals surface area (Å²) in [5.41, 5.74) is 0. The van der Waals surface area contributed by atoms with E-state index in [0.717, 1.165) is 13.0 Å². The first-order valence-corrected chi connectivity index (χ1v) is 6.62. The Bertz CT molecular complexity index is 306. The van der Waals surface area contributed by atoms with Gasteiger partial charge < -0.3 is 14.6 Å². The van der Waals surface area contributed by atoms with Crippen LogP contribution in [0.15, 0.2) is 12.2 Å². The minimum absolute atomic E-state index is 0.0679. The maximum atomic E-state index is 8.84. The van der Waals surface area contributed by atoms with E-state index in [-0.39, 0.29) is 11.4 Å². The van der Waals surface area contributed by atoms with Gasteiger partial charge in [-0.15, -0.1) is 0 Å². The first-order valence-electron chi connectivity index (χ1n) is 5.40. The van der Waals surface area contributed by atoms with Crippen molar-refractivity contribution in [3.63, 3.8) is 0 Å². The van der Waals surface area contributed by atoms with Gasteiger partial charge in [0.25, 0.3) is 0 Å². The highest BCUT2D eigenvalue weighted by Crippen LogP contribution is 2.65. The second-order valence-electron chi connectivity index (χ2n) is 4.50. The maximum absolute atomic E-state index is 8.84. The van der Waals surface area contributed by atoms with Gasteiger partial charge in [0.15, 0.2) is 5.79 Å². The van der Waals surface area contributed by atoms with Gasteiger partial charge in [-0.2, -0.15) is 11.8 Å². The van der Waals surface area contributed by atoms with Crippen LogP contribution in [0.25, 0.3) is 0 Å². The Labute approximate surface area is 93.8 Å². The minimum atomic E-state index is -0.425. The van der Waals surface area contributed by atoms with Crippen molar-refractivity contribution in [2.75, 3.05) is 26.1 Å². The van der Waals surface area contributed by atoms with E-state index in [0.29, 0.717) is 18.4 Å². The van der Waals surface area contributed by atoms with E-state index in [4.69, 9.17) is 14.6 Å². The molecular formula is C11H16O3S. The zero-order valence-corrected chi connectivity index (χ0v) is 9.63. The van der Waals surface area contributed by atoms with Crippen LogP contribution in [0, 0.1) is 11.8 Å². The van der Waals surface area contributed by atoms with Gasteiger partial charge in [0, 0.05) is 12.3 Å². The van der Waals surface area contributed by atoms with Gasteiger partial charge in [-0.3, -0.25) is 0 Å². The number of ether oxygens (including phenoxy) is 2. The Hall–Kier alpha value is -0.0300. The van der Waals surface area contributed by atoms with Gasteiger partial charge in [0.1, 0.15) is 0 Å². The third kappa shape index (κ3) is 1.08. The van der Waals surface area contributed by atoms with Crippen molar-refractivity contribution >= 4 is 11.8 Å². The Morgan fingerprint density at radius 1 is 1.60 bits per heavy atom. The molecule has 3 nitrogen and oxygen atoms in total. The van der Waals surface area contributed by atoms with Crippen molar-refractivity contribution in [2.45, 2.75) is 17.0 Å². The van der Waals surface area contributed by atoms with E-state index in [1.54, 1.807) is 0 Å². The molecule has 3 rings (SSSR count). The number of aliphatic hydroxyl groups is 1. The van der Waals surface area contributed by atoms with Crippen LogP contribution >= 0.6 is 11.8 Å². The normalized spacial score (nSPS) is 50.5. The Morgan fingerprint density at radius 3 is 3.13 bits per heavy atom. The monoisotopic (exact) mass is 228 g/mol. The summed E-state index contributed by atoms with van der Waals surface area (Å²) in [4.78, 5) is 0. The van der Waals surface area contributed by atoms with Crippen LogP contribution in [0.3, 0.4) is 0 Å². The zero-order valence-electron chi connectivity index (χ0n) is 8.81. The lowest BCUT2D eigenvalue weighted by molar-refractivity contribution is -0.234. The molecule has 1 saturated carbocycles. The second-order valence-corrected chi connectivity index (χ2v) is 5.67. The molecule has 15 heavy (non-hydrogen) atoms. The van der Waals surface area contributed by atoms with E-state index in [2.05, 4.69) is 18.4 Å². The summed E-state index contributed by atoms with van der Waals surface area (Å²) in [5.74, 6) is 0.534. The van der Waals surface area contributed by atoms with Crippen molar-refractivity contribution in [1.82, 2.24) is 0 Å². The average Bonchev–Trinajstić information content (AvgIpc) is 2.87. The van der Waals surface area contributed by atoms with E-state index in [1.807, 2.05) is 11.8 Å². The number of hydrogen-bond acceptors (Lipinski definition) is 4. The largest absolute Gasteiger partial charge is 0.394 e. The molecule has 4 bridgehead atoms. The number of rotatable bonds is 4. The third-order valence-corrected chi connectivity index (χ3v) is 5.46. The van der Waals surface area contributed by atoms with Crippen LogP contribution in [0.1, 0.15) is 6.42 Å². The molecule has 0 amide bonds. The molecule has 4 heteroatoms. The van der Waals surface area contributed by atoms with E-state index in [9.17, 15) is 0 Å². The first-order chi connectivity index (χ1) is 7.27. The minimum Gasteiger partial charge on any atom is -0.394 e. The van der Waals surface area contributed by atoms with Crippen molar-refractivity contribution in [3.05, 3.63) is 12.2 Å². The topological polar surface area (TPSA) is 38.7 Å². The zero-order chi connectivity index (χ0) is 10.5. The van der Waals surface area contributed by atoms with Crippen LogP contribution in [0.2, 0.25) is 0 Å². The quantitative estimate of drug-likeness (QED) is 0.729. The summed E-state index contributed by atoms with van der Waals surface area (Å²) in [6.07, 6.45) is 7.66. The van der Waals surface area contributed by atoms with Crippen molar-refractivity contribution in [2.24, 2.45) is 11.8 Å². The summed E-state index contributed by atoms with van der Waals surface area (Å²) in [5, 5.41) is 8.84. The first kappa shape index (κ1) is 10.1. The molecule has 84 valence electrons. The molecule has 0 aromatic carbocycles.